The molecule has 0 saturated carbocycles. The number of hydrogen-bond donors (Lipinski definition) is 0. The van der Waals surface area contributed by atoms with Gasteiger partial charge >= 0.3 is 0 Å². The van der Waals surface area contributed by atoms with Crippen LogP contribution in [-0.4, -0.2) is 20.2 Å². The molecule has 0 amide bonds. The third kappa shape index (κ3) is 3.46. The lowest BCUT2D eigenvalue weighted by molar-refractivity contribution is 0.415. The van der Waals surface area contributed by atoms with Gasteiger partial charge in [0.2, 0.25) is 0 Å². The molecule has 0 unspecified atom stereocenters. The summed E-state index contributed by atoms with van der Waals surface area (Å²) < 4.78 is 5.15. The summed E-state index contributed by atoms with van der Waals surface area (Å²) in [5, 5.41) is 0. The first-order chi connectivity index (χ1) is 7.31. The van der Waals surface area contributed by atoms with Crippen molar-refractivity contribution in [1.82, 2.24) is 0 Å². The van der Waals surface area contributed by atoms with Crippen LogP contribution >= 0.6 is 0 Å². The van der Waals surface area contributed by atoms with Gasteiger partial charge in [0, 0.05) is 18.8 Å². The summed E-state index contributed by atoms with van der Waals surface area (Å²) in [5.74, 6) is 0.923. The number of nitrogens with zero attached hydrogens (tertiary/aromatic N) is 1. The highest BCUT2D eigenvalue weighted by molar-refractivity contribution is 5.48. The summed E-state index contributed by atoms with van der Waals surface area (Å²) in [6.07, 6.45) is 2.37. The van der Waals surface area contributed by atoms with Crippen molar-refractivity contribution < 1.29 is 4.74 Å². The molecule has 15 heavy (non-hydrogen) atoms. The molecule has 84 valence electrons. The second kappa shape index (κ2) is 6.33. The summed E-state index contributed by atoms with van der Waals surface area (Å²) in [7, 11) is 1.70. The van der Waals surface area contributed by atoms with E-state index in [9.17, 15) is 0 Å². The molecule has 0 aliphatic heterocycles. The zero-order valence-electron chi connectivity index (χ0n) is 9.99. The molecule has 1 rings (SSSR count). The Morgan fingerprint density at radius 1 is 1.00 bits per heavy atom. The number of benzene rings is 1. The Morgan fingerprint density at radius 2 is 1.53 bits per heavy atom. The fourth-order valence-corrected chi connectivity index (χ4v) is 1.70. The van der Waals surface area contributed by atoms with E-state index in [4.69, 9.17) is 4.74 Å². The van der Waals surface area contributed by atoms with Crippen LogP contribution in [0.4, 0.5) is 5.69 Å². The number of ether oxygens (including phenoxy) is 1. The van der Waals surface area contributed by atoms with E-state index in [0.717, 1.165) is 18.8 Å². The van der Waals surface area contributed by atoms with Gasteiger partial charge in [-0.3, -0.25) is 0 Å². The Kier molecular flexibility index (Phi) is 5.02. The fourth-order valence-electron chi connectivity index (χ4n) is 1.70. The average Bonchev–Trinajstić information content (AvgIpc) is 2.29. The van der Waals surface area contributed by atoms with Crippen molar-refractivity contribution in [3.05, 3.63) is 24.3 Å². The Bertz CT molecular complexity index is 262. The van der Waals surface area contributed by atoms with Crippen molar-refractivity contribution in [3.63, 3.8) is 0 Å². The highest BCUT2D eigenvalue weighted by Gasteiger charge is 2.03. The molecule has 0 spiro atoms. The predicted molar refractivity (Wildman–Crippen MR) is 65.8 cm³/mol. The Hall–Kier alpha value is -1.18. The quantitative estimate of drug-likeness (QED) is 0.709. The minimum atomic E-state index is 0.923. The van der Waals surface area contributed by atoms with E-state index in [1.165, 1.54) is 18.5 Å². The summed E-state index contributed by atoms with van der Waals surface area (Å²) in [4.78, 5) is 2.42. The largest absolute Gasteiger partial charge is 0.497 e. The van der Waals surface area contributed by atoms with Crippen LogP contribution in [0.15, 0.2) is 24.3 Å². The lowest BCUT2D eigenvalue weighted by Gasteiger charge is -2.23. The molecular weight excluding hydrogens is 186 g/mol. The van der Waals surface area contributed by atoms with Crippen LogP contribution in [0.2, 0.25) is 0 Å². The van der Waals surface area contributed by atoms with Gasteiger partial charge in [0.15, 0.2) is 0 Å². The van der Waals surface area contributed by atoms with Crippen LogP contribution in [0.5, 0.6) is 5.75 Å². The van der Waals surface area contributed by atoms with Crippen molar-refractivity contribution in [2.45, 2.75) is 26.7 Å². The Balaban J connectivity index is 2.72. The molecule has 0 saturated heterocycles. The topological polar surface area (TPSA) is 12.5 Å². The second-order valence-corrected chi connectivity index (χ2v) is 3.69. The van der Waals surface area contributed by atoms with E-state index in [0.29, 0.717) is 0 Å². The highest BCUT2D eigenvalue weighted by Crippen LogP contribution is 2.19. The van der Waals surface area contributed by atoms with Crippen LogP contribution < -0.4 is 9.64 Å². The first-order valence-corrected chi connectivity index (χ1v) is 5.70. The van der Waals surface area contributed by atoms with Crippen LogP contribution in [0, 0.1) is 0 Å². The maximum Gasteiger partial charge on any atom is 0.119 e. The lowest BCUT2D eigenvalue weighted by atomic mass is 10.2. The van der Waals surface area contributed by atoms with Gasteiger partial charge < -0.3 is 9.64 Å². The average molecular weight is 207 g/mol. The molecule has 0 fully saturated rings. The summed E-state index contributed by atoms with van der Waals surface area (Å²) in [6.45, 7) is 6.68. The van der Waals surface area contributed by atoms with E-state index in [1.807, 2.05) is 12.1 Å². The fraction of sp³-hybridized carbons (Fsp3) is 0.538. The monoisotopic (exact) mass is 207 g/mol. The van der Waals surface area contributed by atoms with Crippen LogP contribution in [0.3, 0.4) is 0 Å². The van der Waals surface area contributed by atoms with Gasteiger partial charge in [0.05, 0.1) is 7.11 Å². The van der Waals surface area contributed by atoms with Crippen LogP contribution in [-0.2, 0) is 0 Å². The highest BCUT2D eigenvalue weighted by atomic mass is 16.5. The van der Waals surface area contributed by atoms with Gasteiger partial charge in [-0.2, -0.15) is 0 Å². The van der Waals surface area contributed by atoms with Gasteiger partial charge in [-0.05, 0) is 37.1 Å². The molecule has 0 radical (unpaired) electrons. The van der Waals surface area contributed by atoms with E-state index in [-0.39, 0.29) is 0 Å². The van der Waals surface area contributed by atoms with E-state index in [2.05, 4.69) is 30.9 Å². The van der Waals surface area contributed by atoms with Crippen molar-refractivity contribution >= 4 is 5.69 Å². The zero-order chi connectivity index (χ0) is 11.1. The lowest BCUT2D eigenvalue weighted by Crippen LogP contribution is -2.24. The summed E-state index contributed by atoms with van der Waals surface area (Å²) >= 11 is 0. The molecule has 2 heteroatoms. The van der Waals surface area contributed by atoms with Crippen LogP contribution in [0.25, 0.3) is 0 Å². The first-order valence-electron chi connectivity index (χ1n) is 5.70. The van der Waals surface area contributed by atoms with Crippen molar-refractivity contribution in [1.29, 1.82) is 0 Å². The van der Waals surface area contributed by atoms with Crippen molar-refractivity contribution in [2.24, 2.45) is 0 Å². The molecule has 0 aliphatic carbocycles. The van der Waals surface area contributed by atoms with Crippen LogP contribution in [0.1, 0.15) is 26.7 Å². The number of hydrogen-bond acceptors (Lipinski definition) is 2. The maximum atomic E-state index is 5.15. The molecule has 0 heterocycles. The summed E-state index contributed by atoms with van der Waals surface area (Å²) in [5.41, 5.74) is 1.29. The standard InChI is InChI=1S/C13H21NO/c1-4-10-14(11-5-2)12-6-8-13(15-3)9-7-12/h6-9H,4-5,10-11H2,1-3H3. The number of anilines is 1. The SMILES string of the molecule is CCCN(CCC)c1ccc(OC)cc1. The van der Waals surface area contributed by atoms with E-state index >= 15 is 0 Å². The molecule has 0 aliphatic rings. The van der Waals surface area contributed by atoms with Gasteiger partial charge in [-0.15, -0.1) is 0 Å². The van der Waals surface area contributed by atoms with Gasteiger partial charge in [0.1, 0.15) is 5.75 Å². The van der Waals surface area contributed by atoms with Crippen molar-refractivity contribution in [3.8, 4) is 5.75 Å². The van der Waals surface area contributed by atoms with Gasteiger partial charge in [-0.25, -0.2) is 0 Å². The third-order valence-electron chi connectivity index (χ3n) is 2.42. The molecule has 0 atom stereocenters. The molecule has 0 aromatic heterocycles. The van der Waals surface area contributed by atoms with Gasteiger partial charge in [0.25, 0.3) is 0 Å². The number of methoxy groups -OCH3 is 1. The van der Waals surface area contributed by atoms with Gasteiger partial charge in [-0.1, -0.05) is 13.8 Å². The minimum absolute atomic E-state index is 0.923. The second-order valence-electron chi connectivity index (χ2n) is 3.69. The zero-order valence-corrected chi connectivity index (χ0v) is 9.99. The summed E-state index contributed by atoms with van der Waals surface area (Å²) in [6, 6.07) is 8.30. The molecule has 1 aromatic carbocycles. The Labute approximate surface area is 92.9 Å². The molecular formula is C13H21NO. The van der Waals surface area contributed by atoms with E-state index < -0.39 is 0 Å². The van der Waals surface area contributed by atoms with E-state index in [1.54, 1.807) is 7.11 Å². The minimum Gasteiger partial charge on any atom is -0.497 e. The smallest absolute Gasteiger partial charge is 0.119 e. The first kappa shape index (κ1) is 11.9. The normalized spacial score (nSPS) is 10.1. The maximum absolute atomic E-state index is 5.15. The number of rotatable bonds is 6. The molecule has 2 nitrogen and oxygen atoms in total. The Morgan fingerprint density at radius 3 is 1.93 bits per heavy atom. The predicted octanol–water partition coefficient (Wildman–Crippen LogP) is 3.32. The van der Waals surface area contributed by atoms with Crippen molar-refractivity contribution in [2.75, 3.05) is 25.1 Å². The molecule has 1 aromatic rings. The molecule has 0 N–H and O–H groups in total. The molecule has 0 bridgehead atoms. The third-order valence-corrected chi connectivity index (χ3v) is 2.42.